The topological polar surface area (TPSA) is 32.3 Å². The van der Waals surface area contributed by atoms with Crippen LogP contribution >= 0.6 is 0 Å². The second-order valence-electron chi connectivity index (χ2n) is 7.41. The second-order valence-corrected chi connectivity index (χ2v) is 7.41. The van der Waals surface area contributed by atoms with E-state index in [9.17, 15) is 9.18 Å². The van der Waals surface area contributed by atoms with Crippen LogP contribution in [0.1, 0.15) is 42.3 Å². The van der Waals surface area contributed by atoms with Gasteiger partial charge in [-0.2, -0.15) is 0 Å². The average molecular weight is 352 g/mol. The van der Waals surface area contributed by atoms with Gasteiger partial charge in [0.2, 0.25) is 5.91 Å². The summed E-state index contributed by atoms with van der Waals surface area (Å²) in [5.74, 6) is 0.152. The van der Waals surface area contributed by atoms with Crippen LogP contribution in [0.5, 0.6) is 0 Å². The molecule has 3 unspecified atom stereocenters. The Hall–Kier alpha value is -2.20. The summed E-state index contributed by atoms with van der Waals surface area (Å²) in [6, 6.07) is 17.2. The van der Waals surface area contributed by atoms with Gasteiger partial charge in [0.05, 0.1) is 6.04 Å². The van der Waals surface area contributed by atoms with Crippen LogP contribution in [0.3, 0.4) is 0 Å². The van der Waals surface area contributed by atoms with Crippen LogP contribution in [-0.4, -0.2) is 30.4 Å². The van der Waals surface area contributed by atoms with Crippen molar-refractivity contribution in [1.29, 1.82) is 0 Å². The third-order valence-corrected chi connectivity index (χ3v) is 5.66. The van der Waals surface area contributed by atoms with Gasteiger partial charge in [-0.1, -0.05) is 42.5 Å². The molecule has 136 valence electrons. The highest BCUT2D eigenvalue weighted by molar-refractivity contribution is 5.82. The molecule has 2 aromatic carbocycles. The summed E-state index contributed by atoms with van der Waals surface area (Å²) in [4.78, 5) is 15.1. The van der Waals surface area contributed by atoms with Crippen molar-refractivity contribution < 1.29 is 9.18 Å². The average Bonchev–Trinajstić information content (AvgIpc) is 3.29. The van der Waals surface area contributed by atoms with Gasteiger partial charge in [0.25, 0.3) is 0 Å². The van der Waals surface area contributed by atoms with E-state index < -0.39 is 0 Å². The van der Waals surface area contributed by atoms with Gasteiger partial charge in [0, 0.05) is 12.5 Å². The van der Waals surface area contributed by atoms with E-state index in [1.165, 1.54) is 30.5 Å². The van der Waals surface area contributed by atoms with E-state index in [0.717, 1.165) is 25.1 Å². The van der Waals surface area contributed by atoms with Gasteiger partial charge >= 0.3 is 0 Å². The number of carbonyl (C=O) groups is 1. The van der Waals surface area contributed by atoms with Crippen LogP contribution in [-0.2, 0) is 4.79 Å². The Kier molecular flexibility index (Phi) is 5.02. The number of likely N-dealkylation sites (tertiary alicyclic amines) is 1. The van der Waals surface area contributed by atoms with E-state index in [0.29, 0.717) is 6.54 Å². The van der Waals surface area contributed by atoms with E-state index in [1.807, 2.05) is 6.07 Å². The molecule has 0 bridgehead atoms. The largest absolute Gasteiger partial charge is 0.354 e. The number of carbonyl (C=O) groups excluding carboxylic acids is 1. The van der Waals surface area contributed by atoms with Crippen molar-refractivity contribution in [3.05, 3.63) is 71.5 Å². The van der Waals surface area contributed by atoms with Crippen molar-refractivity contribution in [2.75, 3.05) is 19.6 Å². The molecule has 1 saturated carbocycles. The first-order valence-electron chi connectivity index (χ1n) is 9.54. The highest BCUT2D eigenvalue weighted by Crippen LogP contribution is 2.47. The molecule has 3 nitrogen and oxygen atoms in total. The molecule has 0 radical (unpaired) electrons. The fraction of sp³-hybridized carbons (Fsp3) is 0.409. The van der Waals surface area contributed by atoms with E-state index in [4.69, 9.17) is 0 Å². The summed E-state index contributed by atoms with van der Waals surface area (Å²) in [6.45, 7) is 2.84. The number of nitrogens with zero attached hydrogens (tertiary/aromatic N) is 1. The fourth-order valence-electron chi connectivity index (χ4n) is 4.08. The Bertz CT molecular complexity index is 740. The monoisotopic (exact) mass is 352 g/mol. The van der Waals surface area contributed by atoms with Gasteiger partial charge in [0.1, 0.15) is 5.82 Å². The van der Waals surface area contributed by atoms with Crippen molar-refractivity contribution in [3.8, 4) is 0 Å². The molecule has 26 heavy (non-hydrogen) atoms. The van der Waals surface area contributed by atoms with Gasteiger partial charge in [-0.05, 0) is 61.5 Å². The molecule has 2 fully saturated rings. The number of hydrogen-bond donors (Lipinski definition) is 1. The maximum absolute atomic E-state index is 13.1. The molecule has 4 heteroatoms. The third-order valence-electron chi connectivity index (χ3n) is 5.66. The number of amides is 1. The van der Waals surface area contributed by atoms with Crippen molar-refractivity contribution >= 4 is 5.91 Å². The van der Waals surface area contributed by atoms with Crippen LogP contribution < -0.4 is 5.32 Å². The lowest BCUT2D eigenvalue weighted by atomic mass is 10.1. The number of hydrogen-bond acceptors (Lipinski definition) is 2. The first kappa shape index (κ1) is 17.2. The summed E-state index contributed by atoms with van der Waals surface area (Å²) in [5.41, 5.74) is 2.33. The number of nitrogens with one attached hydrogen (secondary N) is 1. The summed E-state index contributed by atoms with van der Waals surface area (Å²) < 4.78 is 13.1. The quantitative estimate of drug-likeness (QED) is 0.856. The molecule has 1 aliphatic carbocycles. The first-order chi connectivity index (χ1) is 12.7. The van der Waals surface area contributed by atoms with Crippen LogP contribution in [0.15, 0.2) is 54.6 Å². The minimum Gasteiger partial charge on any atom is -0.354 e. The SMILES string of the molecule is O=C(NCC(c1ccccc1)N1CCCC1)C1CC1c1ccc(F)cc1. The number of halogens is 1. The Morgan fingerprint density at radius 2 is 1.77 bits per heavy atom. The van der Waals surface area contributed by atoms with Crippen LogP contribution in [0.25, 0.3) is 0 Å². The molecule has 1 N–H and O–H groups in total. The van der Waals surface area contributed by atoms with Crippen molar-refractivity contribution in [1.82, 2.24) is 10.2 Å². The van der Waals surface area contributed by atoms with Gasteiger partial charge < -0.3 is 5.32 Å². The van der Waals surface area contributed by atoms with Gasteiger partial charge in [0.15, 0.2) is 0 Å². The van der Waals surface area contributed by atoms with Crippen LogP contribution in [0.2, 0.25) is 0 Å². The van der Waals surface area contributed by atoms with E-state index >= 15 is 0 Å². The second kappa shape index (κ2) is 7.58. The zero-order valence-corrected chi connectivity index (χ0v) is 14.9. The summed E-state index contributed by atoms with van der Waals surface area (Å²) in [5, 5.41) is 3.18. The zero-order chi connectivity index (χ0) is 17.9. The molecule has 2 aliphatic rings. The lowest BCUT2D eigenvalue weighted by Gasteiger charge is -2.28. The first-order valence-corrected chi connectivity index (χ1v) is 9.54. The Labute approximate surface area is 154 Å². The molecule has 0 aromatic heterocycles. The van der Waals surface area contributed by atoms with Gasteiger partial charge in [-0.3, -0.25) is 9.69 Å². The summed E-state index contributed by atoms with van der Waals surface area (Å²) in [7, 11) is 0. The predicted octanol–water partition coefficient (Wildman–Crippen LogP) is 3.88. The molecule has 1 heterocycles. The third kappa shape index (κ3) is 3.80. The minimum atomic E-state index is -0.230. The lowest BCUT2D eigenvalue weighted by Crippen LogP contribution is -2.37. The maximum Gasteiger partial charge on any atom is 0.223 e. The predicted molar refractivity (Wildman–Crippen MR) is 100 cm³/mol. The van der Waals surface area contributed by atoms with Gasteiger partial charge in [-0.25, -0.2) is 4.39 Å². The molecule has 1 amide bonds. The molecule has 1 aliphatic heterocycles. The molecular formula is C22H25FN2O. The molecule has 4 rings (SSSR count). The molecule has 0 spiro atoms. The molecular weight excluding hydrogens is 327 g/mol. The fourth-order valence-corrected chi connectivity index (χ4v) is 4.08. The highest BCUT2D eigenvalue weighted by Gasteiger charge is 2.44. The van der Waals surface area contributed by atoms with Crippen molar-refractivity contribution in [3.63, 3.8) is 0 Å². The van der Waals surface area contributed by atoms with E-state index in [1.54, 1.807) is 12.1 Å². The van der Waals surface area contributed by atoms with Crippen molar-refractivity contribution in [2.45, 2.75) is 31.2 Å². The Morgan fingerprint density at radius 1 is 1.08 bits per heavy atom. The summed E-state index contributed by atoms with van der Waals surface area (Å²) in [6.07, 6.45) is 3.32. The van der Waals surface area contributed by atoms with E-state index in [-0.39, 0.29) is 29.6 Å². The molecule has 2 aromatic rings. The number of rotatable bonds is 6. The Morgan fingerprint density at radius 3 is 2.46 bits per heavy atom. The zero-order valence-electron chi connectivity index (χ0n) is 14.9. The summed E-state index contributed by atoms with van der Waals surface area (Å²) >= 11 is 0. The van der Waals surface area contributed by atoms with Crippen molar-refractivity contribution in [2.24, 2.45) is 5.92 Å². The maximum atomic E-state index is 13.1. The van der Waals surface area contributed by atoms with Crippen LogP contribution in [0.4, 0.5) is 4.39 Å². The standard InChI is InChI=1S/C22H25FN2O/c23-18-10-8-16(9-11-18)19-14-20(19)22(26)24-15-21(25-12-4-5-13-25)17-6-2-1-3-7-17/h1-3,6-11,19-21H,4-5,12-15H2,(H,24,26). The Balaban J connectivity index is 1.37. The molecule has 1 saturated heterocycles. The van der Waals surface area contributed by atoms with Gasteiger partial charge in [-0.15, -0.1) is 0 Å². The normalized spacial score (nSPS) is 23.6. The lowest BCUT2D eigenvalue weighted by molar-refractivity contribution is -0.122. The minimum absolute atomic E-state index is 0.0236. The molecule has 3 atom stereocenters. The smallest absolute Gasteiger partial charge is 0.223 e. The number of benzene rings is 2. The van der Waals surface area contributed by atoms with Crippen LogP contribution in [0, 0.1) is 11.7 Å². The van der Waals surface area contributed by atoms with E-state index in [2.05, 4.69) is 34.5 Å². The highest BCUT2D eigenvalue weighted by atomic mass is 19.1.